The van der Waals surface area contributed by atoms with Crippen LogP contribution < -0.4 is 19.9 Å². The lowest BCUT2D eigenvalue weighted by Gasteiger charge is -2.40. The summed E-state index contributed by atoms with van der Waals surface area (Å²) in [7, 11) is 1.41. The third-order valence-corrected chi connectivity index (χ3v) is 4.96. The van der Waals surface area contributed by atoms with Crippen LogP contribution in [-0.4, -0.2) is 57.1 Å². The molecule has 148 valence electrons. The highest BCUT2D eigenvalue weighted by molar-refractivity contribution is 6.03. The Morgan fingerprint density at radius 2 is 1.93 bits per heavy atom. The van der Waals surface area contributed by atoms with Gasteiger partial charge in [0.2, 0.25) is 5.91 Å². The number of halogens is 1. The van der Waals surface area contributed by atoms with Crippen LogP contribution in [-0.2, 0) is 9.53 Å². The summed E-state index contributed by atoms with van der Waals surface area (Å²) in [6, 6.07) is 10.7. The maximum absolute atomic E-state index is 14.0. The number of amides is 1. The van der Waals surface area contributed by atoms with E-state index in [9.17, 15) is 9.18 Å². The lowest BCUT2D eigenvalue weighted by Crippen LogP contribution is -2.52. The zero-order valence-electron chi connectivity index (χ0n) is 15.5. The molecule has 7 nitrogen and oxygen atoms in total. The summed E-state index contributed by atoms with van der Waals surface area (Å²) >= 11 is 0. The zero-order chi connectivity index (χ0) is 19.7. The van der Waals surface area contributed by atoms with Gasteiger partial charge in [0, 0.05) is 36.6 Å². The first-order valence-corrected chi connectivity index (χ1v) is 9.11. The standard InChI is InChI=1S/C20H22FN3O4/c1-27-19-9-18-17(8-16(19)21)22-20(26)12-24(18)14-4-2-13(3-5-14)23-10-15(11-23)28-7-6-25/h2-5,8-9,15,25H,6-7,10-12H2,1H3,(H,22,26). The van der Waals surface area contributed by atoms with Crippen LogP contribution >= 0.6 is 0 Å². The largest absolute Gasteiger partial charge is 0.494 e. The highest BCUT2D eigenvalue weighted by Gasteiger charge is 2.28. The molecule has 2 aliphatic heterocycles. The molecule has 2 heterocycles. The molecule has 0 spiro atoms. The highest BCUT2D eigenvalue weighted by Crippen LogP contribution is 2.39. The lowest BCUT2D eigenvalue weighted by molar-refractivity contribution is -0.115. The van der Waals surface area contributed by atoms with Gasteiger partial charge in [-0.2, -0.15) is 0 Å². The number of aliphatic hydroxyl groups excluding tert-OH is 1. The third-order valence-electron chi connectivity index (χ3n) is 4.96. The average Bonchev–Trinajstić information content (AvgIpc) is 2.66. The minimum absolute atomic E-state index is 0.0325. The van der Waals surface area contributed by atoms with E-state index < -0.39 is 5.82 Å². The summed E-state index contributed by atoms with van der Waals surface area (Å²) < 4.78 is 24.6. The second-order valence-electron chi connectivity index (χ2n) is 6.78. The number of hydrogen-bond acceptors (Lipinski definition) is 6. The summed E-state index contributed by atoms with van der Waals surface area (Å²) in [5.74, 6) is -0.590. The summed E-state index contributed by atoms with van der Waals surface area (Å²) in [6.07, 6.45) is 0.145. The van der Waals surface area contributed by atoms with E-state index in [0.29, 0.717) is 18.0 Å². The van der Waals surface area contributed by atoms with Crippen molar-refractivity contribution in [3.05, 3.63) is 42.2 Å². The maximum atomic E-state index is 14.0. The number of carbonyl (C=O) groups is 1. The number of nitrogens with zero attached hydrogens (tertiary/aromatic N) is 2. The molecule has 1 amide bonds. The van der Waals surface area contributed by atoms with Gasteiger partial charge in [-0.25, -0.2) is 4.39 Å². The smallest absolute Gasteiger partial charge is 0.244 e. The molecule has 1 fully saturated rings. The van der Waals surface area contributed by atoms with Crippen LogP contribution in [0.3, 0.4) is 0 Å². The van der Waals surface area contributed by atoms with Gasteiger partial charge in [-0.1, -0.05) is 0 Å². The fourth-order valence-electron chi connectivity index (χ4n) is 3.49. The second-order valence-corrected chi connectivity index (χ2v) is 6.78. The number of ether oxygens (including phenoxy) is 2. The molecule has 0 atom stereocenters. The van der Waals surface area contributed by atoms with Crippen molar-refractivity contribution in [1.29, 1.82) is 0 Å². The third kappa shape index (κ3) is 3.48. The number of hydrogen-bond donors (Lipinski definition) is 2. The van der Waals surface area contributed by atoms with Gasteiger partial charge in [0.15, 0.2) is 11.6 Å². The number of anilines is 4. The molecule has 0 unspecified atom stereocenters. The molecule has 0 aliphatic carbocycles. The van der Waals surface area contributed by atoms with E-state index in [1.807, 2.05) is 29.2 Å². The number of methoxy groups -OCH3 is 1. The van der Waals surface area contributed by atoms with Gasteiger partial charge in [-0.05, 0) is 24.3 Å². The van der Waals surface area contributed by atoms with Crippen molar-refractivity contribution in [2.75, 3.05) is 55.1 Å². The van der Waals surface area contributed by atoms with Crippen LogP contribution in [0.5, 0.6) is 5.75 Å². The fourth-order valence-corrected chi connectivity index (χ4v) is 3.49. The van der Waals surface area contributed by atoms with Crippen LogP contribution in [0.25, 0.3) is 0 Å². The molecule has 2 aromatic carbocycles. The Hall–Kier alpha value is -2.84. The molecule has 28 heavy (non-hydrogen) atoms. The molecular formula is C20H22FN3O4. The second kappa shape index (κ2) is 7.65. The summed E-state index contributed by atoms with van der Waals surface area (Å²) in [5, 5.41) is 11.5. The van der Waals surface area contributed by atoms with Crippen LogP contribution in [0, 0.1) is 5.82 Å². The molecular weight excluding hydrogens is 365 g/mol. The van der Waals surface area contributed by atoms with Crippen molar-refractivity contribution in [2.24, 2.45) is 0 Å². The van der Waals surface area contributed by atoms with E-state index in [0.717, 1.165) is 24.5 Å². The van der Waals surface area contributed by atoms with Crippen LogP contribution in [0.15, 0.2) is 36.4 Å². The zero-order valence-corrected chi connectivity index (χ0v) is 15.5. The molecule has 0 saturated carbocycles. The van der Waals surface area contributed by atoms with Crippen molar-refractivity contribution in [3.63, 3.8) is 0 Å². The predicted molar refractivity (Wildman–Crippen MR) is 104 cm³/mol. The Bertz CT molecular complexity index is 868. The Balaban J connectivity index is 1.53. The number of aliphatic hydroxyl groups is 1. The molecule has 2 aromatic rings. The van der Waals surface area contributed by atoms with Gasteiger partial charge in [-0.3, -0.25) is 4.79 Å². The van der Waals surface area contributed by atoms with Crippen molar-refractivity contribution in [2.45, 2.75) is 6.10 Å². The fraction of sp³-hybridized carbons (Fsp3) is 0.350. The maximum Gasteiger partial charge on any atom is 0.244 e. The summed E-state index contributed by atoms with van der Waals surface area (Å²) in [6.45, 7) is 2.10. The van der Waals surface area contributed by atoms with E-state index in [4.69, 9.17) is 14.6 Å². The number of carbonyl (C=O) groups excluding carboxylic acids is 1. The van der Waals surface area contributed by atoms with E-state index in [1.54, 1.807) is 6.07 Å². The SMILES string of the molecule is COc1cc2c(cc1F)NC(=O)CN2c1ccc(N2CC(OCCO)C2)cc1. The normalized spacial score (nSPS) is 16.5. The Morgan fingerprint density at radius 1 is 1.21 bits per heavy atom. The van der Waals surface area contributed by atoms with Gasteiger partial charge in [0.25, 0.3) is 0 Å². The molecule has 2 N–H and O–H groups in total. The average molecular weight is 387 g/mol. The van der Waals surface area contributed by atoms with Crippen molar-refractivity contribution in [3.8, 4) is 5.75 Å². The molecule has 0 radical (unpaired) electrons. The number of nitrogens with one attached hydrogen (secondary N) is 1. The van der Waals surface area contributed by atoms with Gasteiger partial charge in [-0.15, -0.1) is 0 Å². The Kier molecular flexibility index (Phi) is 5.06. The molecule has 4 rings (SSSR count). The molecule has 0 aromatic heterocycles. The molecule has 1 saturated heterocycles. The number of fused-ring (bicyclic) bond motifs is 1. The quantitative estimate of drug-likeness (QED) is 0.791. The molecule has 0 bridgehead atoms. The van der Waals surface area contributed by atoms with Gasteiger partial charge in [0.1, 0.15) is 6.54 Å². The van der Waals surface area contributed by atoms with E-state index in [2.05, 4.69) is 10.2 Å². The van der Waals surface area contributed by atoms with Gasteiger partial charge >= 0.3 is 0 Å². The van der Waals surface area contributed by atoms with Gasteiger partial charge < -0.3 is 29.7 Å². The first-order chi connectivity index (χ1) is 13.6. The van der Waals surface area contributed by atoms with Crippen LogP contribution in [0.1, 0.15) is 0 Å². The highest BCUT2D eigenvalue weighted by atomic mass is 19.1. The first kappa shape index (κ1) is 18.5. The van der Waals surface area contributed by atoms with Crippen molar-refractivity contribution >= 4 is 28.7 Å². The van der Waals surface area contributed by atoms with Crippen molar-refractivity contribution in [1.82, 2.24) is 0 Å². The van der Waals surface area contributed by atoms with E-state index in [1.165, 1.54) is 13.2 Å². The molecule has 8 heteroatoms. The van der Waals surface area contributed by atoms with Crippen LogP contribution in [0.2, 0.25) is 0 Å². The predicted octanol–water partition coefficient (Wildman–Crippen LogP) is 2.12. The van der Waals surface area contributed by atoms with Crippen LogP contribution in [0.4, 0.5) is 27.1 Å². The Labute approximate surface area is 162 Å². The number of rotatable bonds is 6. The summed E-state index contributed by atoms with van der Waals surface area (Å²) in [4.78, 5) is 16.1. The first-order valence-electron chi connectivity index (χ1n) is 9.11. The summed E-state index contributed by atoms with van der Waals surface area (Å²) in [5.41, 5.74) is 3.00. The lowest BCUT2D eigenvalue weighted by atomic mass is 10.1. The number of benzene rings is 2. The van der Waals surface area contributed by atoms with Gasteiger partial charge in [0.05, 0.1) is 37.8 Å². The van der Waals surface area contributed by atoms with E-state index in [-0.39, 0.29) is 30.9 Å². The topological polar surface area (TPSA) is 74.3 Å². The van der Waals surface area contributed by atoms with E-state index >= 15 is 0 Å². The minimum atomic E-state index is -0.519. The molecule has 2 aliphatic rings. The van der Waals surface area contributed by atoms with Crippen molar-refractivity contribution < 1.29 is 23.8 Å². The minimum Gasteiger partial charge on any atom is -0.494 e. The Morgan fingerprint density at radius 3 is 2.61 bits per heavy atom. The monoisotopic (exact) mass is 387 g/mol.